The van der Waals surface area contributed by atoms with E-state index in [0.717, 1.165) is 24.3 Å². The first-order valence-corrected chi connectivity index (χ1v) is 8.59. The van der Waals surface area contributed by atoms with Gasteiger partial charge in [-0.15, -0.1) is 0 Å². The molecule has 2 aromatic carbocycles. The fraction of sp³-hybridized carbons (Fsp3) is 0.381. The summed E-state index contributed by atoms with van der Waals surface area (Å²) in [5, 5.41) is 0. The third-order valence-electron chi connectivity index (χ3n) is 4.36. The van der Waals surface area contributed by atoms with Crippen LogP contribution in [-0.4, -0.2) is 18.1 Å². The highest BCUT2D eigenvalue weighted by atomic mass is 16.5. The van der Waals surface area contributed by atoms with Crippen molar-refractivity contribution in [1.82, 2.24) is 0 Å². The number of carbonyl (C=O) groups is 1. The Morgan fingerprint density at radius 3 is 2.58 bits per heavy atom. The van der Waals surface area contributed by atoms with Crippen LogP contribution in [0.1, 0.15) is 37.8 Å². The number of aryl methyl sites for hydroxylation is 2. The van der Waals surface area contributed by atoms with Crippen molar-refractivity contribution >= 4 is 11.6 Å². The molecule has 0 unspecified atom stereocenters. The third kappa shape index (κ3) is 3.78. The molecule has 2 aromatic rings. The maximum Gasteiger partial charge on any atom is 0.227 e. The first-order valence-electron chi connectivity index (χ1n) is 8.59. The monoisotopic (exact) mass is 323 g/mol. The fourth-order valence-electron chi connectivity index (χ4n) is 3.12. The van der Waals surface area contributed by atoms with Gasteiger partial charge in [-0.2, -0.15) is 0 Å². The number of ether oxygens (including phenoxy) is 1. The number of nitrogens with zero attached hydrogens (tertiary/aromatic N) is 1. The van der Waals surface area contributed by atoms with Crippen LogP contribution in [-0.2, 0) is 11.2 Å². The van der Waals surface area contributed by atoms with Crippen LogP contribution in [0.3, 0.4) is 0 Å². The van der Waals surface area contributed by atoms with Gasteiger partial charge in [0.05, 0.1) is 12.2 Å². The molecule has 0 radical (unpaired) electrons. The van der Waals surface area contributed by atoms with E-state index in [9.17, 15) is 4.79 Å². The summed E-state index contributed by atoms with van der Waals surface area (Å²) in [5.41, 5.74) is 3.08. The molecule has 1 aliphatic heterocycles. The number of hydrogen-bond acceptors (Lipinski definition) is 2. The predicted molar refractivity (Wildman–Crippen MR) is 97.6 cm³/mol. The van der Waals surface area contributed by atoms with Crippen molar-refractivity contribution in [3.05, 3.63) is 59.7 Å². The van der Waals surface area contributed by atoms with Crippen molar-refractivity contribution < 1.29 is 9.53 Å². The molecule has 126 valence electrons. The van der Waals surface area contributed by atoms with Gasteiger partial charge in [0, 0.05) is 6.42 Å². The maximum absolute atomic E-state index is 12.8. The normalized spacial score (nSPS) is 15.5. The van der Waals surface area contributed by atoms with Crippen LogP contribution >= 0.6 is 0 Å². The van der Waals surface area contributed by atoms with Crippen LogP contribution in [0.4, 0.5) is 5.69 Å². The minimum absolute atomic E-state index is 0.172. The molecule has 0 aromatic heterocycles. The molecule has 1 heterocycles. The molecule has 0 spiro atoms. The Morgan fingerprint density at radius 1 is 1.12 bits per heavy atom. The van der Waals surface area contributed by atoms with Gasteiger partial charge in [0.1, 0.15) is 11.4 Å². The zero-order valence-corrected chi connectivity index (χ0v) is 14.7. The Kier molecular flexibility index (Phi) is 4.61. The Hall–Kier alpha value is -2.29. The van der Waals surface area contributed by atoms with Crippen LogP contribution in [0, 0.1) is 6.92 Å². The maximum atomic E-state index is 12.8. The quantitative estimate of drug-likeness (QED) is 0.828. The van der Waals surface area contributed by atoms with Crippen LogP contribution in [0.15, 0.2) is 48.5 Å². The van der Waals surface area contributed by atoms with Gasteiger partial charge >= 0.3 is 0 Å². The largest absolute Gasteiger partial charge is 0.484 e. The molecular weight excluding hydrogens is 298 g/mol. The molecule has 0 saturated carbocycles. The smallest absolute Gasteiger partial charge is 0.227 e. The predicted octanol–water partition coefficient (Wildman–Crippen LogP) is 4.52. The zero-order chi connectivity index (χ0) is 17.2. The van der Waals surface area contributed by atoms with Crippen LogP contribution in [0.5, 0.6) is 5.75 Å². The molecule has 0 N–H and O–H groups in total. The molecule has 0 fully saturated rings. The van der Waals surface area contributed by atoms with Crippen molar-refractivity contribution in [3.63, 3.8) is 0 Å². The summed E-state index contributed by atoms with van der Waals surface area (Å²) in [5.74, 6) is 0.964. The molecule has 0 bridgehead atoms. The fourth-order valence-corrected chi connectivity index (χ4v) is 3.12. The van der Waals surface area contributed by atoms with Gasteiger partial charge in [-0.05, 0) is 51.3 Å². The molecule has 0 aliphatic carbocycles. The van der Waals surface area contributed by atoms with Crippen LogP contribution in [0.2, 0.25) is 0 Å². The average molecular weight is 323 g/mol. The number of anilines is 1. The van der Waals surface area contributed by atoms with E-state index in [-0.39, 0.29) is 11.5 Å². The minimum Gasteiger partial charge on any atom is -0.484 e. The number of amides is 1. The first kappa shape index (κ1) is 16.6. The highest BCUT2D eigenvalue weighted by Crippen LogP contribution is 2.37. The average Bonchev–Trinajstić information content (AvgIpc) is 2.55. The Morgan fingerprint density at radius 2 is 1.83 bits per heavy atom. The van der Waals surface area contributed by atoms with Crippen molar-refractivity contribution in [3.8, 4) is 5.75 Å². The molecule has 3 rings (SSSR count). The molecule has 3 nitrogen and oxygen atoms in total. The molecule has 0 atom stereocenters. The first-order chi connectivity index (χ1) is 11.4. The molecule has 3 heteroatoms. The highest BCUT2D eigenvalue weighted by Gasteiger charge is 2.34. The van der Waals surface area contributed by atoms with Crippen LogP contribution in [0.25, 0.3) is 0 Å². The second-order valence-electron chi connectivity index (χ2n) is 7.15. The van der Waals surface area contributed by atoms with E-state index in [2.05, 4.69) is 31.2 Å². The lowest BCUT2D eigenvalue weighted by atomic mass is 10.0. The summed E-state index contributed by atoms with van der Waals surface area (Å²) in [6, 6.07) is 16.3. The van der Waals surface area contributed by atoms with Gasteiger partial charge < -0.3 is 9.64 Å². The summed E-state index contributed by atoms with van der Waals surface area (Å²) in [4.78, 5) is 14.6. The minimum atomic E-state index is -0.360. The Bertz CT molecular complexity index is 719. The summed E-state index contributed by atoms with van der Waals surface area (Å²) < 4.78 is 5.99. The third-order valence-corrected chi connectivity index (χ3v) is 4.36. The van der Waals surface area contributed by atoms with Crippen molar-refractivity contribution in [1.29, 1.82) is 0 Å². The van der Waals surface area contributed by atoms with Crippen LogP contribution < -0.4 is 9.64 Å². The van der Waals surface area contributed by atoms with Gasteiger partial charge in [-0.3, -0.25) is 4.79 Å². The Labute approximate surface area is 144 Å². The van der Waals surface area contributed by atoms with Crippen molar-refractivity contribution in [2.75, 3.05) is 11.4 Å². The lowest BCUT2D eigenvalue weighted by Crippen LogP contribution is -2.49. The summed E-state index contributed by atoms with van der Waals surface area (Å²) in [6.45, 7) is 6.73. The number of para-hydroxylation sites is 2. The van der Waals surface area contributed by atoms with E-state index in [0.29, 0.717) is 13.0 Å². The van der Waals surface area contributed by atoms with E-state index >= 15 is 0 Å². The van der Waals surface area contributed by atoms with Gasteiger partial charge in [-0.1, -0.05) is 42.0 Å². The number of rotatable bonds is 4. The molecular formula is C21H25NO2. The van der Waals surface area contributed by atoms with Crippen molar-refractivity contribution in [2.24, 2.45) is 0 Å². The van der Waals surface area contributed by atoms with E-state index in [1.165, 1.54) is 11.1 Å². The highest BCUT2D eigenvalue weighted by molar-refractivity contribution is 5.95. The summed E-state index contributed by atoms with van der Waals surface area (Å²) in [6.07, 6.45) is 2.35. The SMILES string of the molecule is Cc1ccc(CCCC(=O)N2CC(C)(C)Oc3ccccc32)cc1. The molecule has 1 aliphatic rings. The van der Waals surface area contributed by atoms with Gasteiger partial charge in [0.2, 0.25) is 5.91 Å². The van der Waals surface area contributed by atoms with Crippen molar-refractivity contribution in [2.45, 2.75) is 45.6 Å². The van der Waals surface area contributed by atoms with E-state index in [1.54, 1.807) is 0 Å². The second-order valence-corrected chi connectivity index (χ2v) is 7.15. The zero-order valence-electron chi connectivity index (χ0n) is 14.7. The number of hydrogen-bond donors (Lipinski definition) is 0. The van der Waals surface area contributed by atoms with E-state index in [1.807, 2.05) is 43.0 Å². The molecule has 0 saturated heterocycles. The summed E-state index contributed by atoms with van der Waals surface area (Å²) >= 11 is 0. The van der Waals surface area contributed by atoms with Gasteiger partial charge in [-0.25, -0.2) is 0 Å². The van der Waals surface area contributed by atoms with E-state index < -0.39 is 0 Å². The Balaban J connectivity index is 1.65. The topological polar surface area (TPSA) is 29.5 Å². The lowest BCUT2D eigenvalue weighted by molar-refractivity contribution is -0.119. The van der Waals surface area contributed by atoms with Gasteiger partial charge in [0.15, 0.2) is 0 Å². The number of benzene rings is 2. The number of fused-ring (bicyclic) bond motifs is 1. The molecule has 24 heavy (non-hydrogen) atoms. The second kappa shape index (κ2) is 6.68. The lowest BCUT2D eigenvalue weighted by Gasteiger charge is -2.39. The van der Waals surface area contributed by atoms with Gasteiger partial charge in [0.25, 0.3) is 0 Å². The summed E-state index contributed by atoms with van der Waals surface area (Å²) in [7, 11) is 0. The number of carbonyl (C=O) groups excluding carboxylic acids is 1. The van der Waals surface area contributed by atoms with E-state index in [4.69, 9.17) is 4.74 Å². The molecule has 1 amide bonds. The standard InChI is InChI=1S/C21H25NO2/c1-16-11-13-17(14-12-16)7-6-10-20(23)22-15-21(2,3)24-19-9-5-4-8-18(19)22/h4-5,8-9,11-14H,6-7,10,15H2,1-3H3.